The van der Waals surface area contributed by atoms with Gasteiger partial charge in [-0.15, -0.1) is 0 Å². The van der Waals surface area contributed by atoms with Gasteiger partial charge in [0.2, 0.25) is 0 Å². The molecule has 12 heavy (non-hydrogen) atoms. The molecule has 0 amide bonds. The van der Waals surface area contributed by atoms with Crippen LogP contribution in [0.5, 0.6) is 0 Å². The molecule has 2 heteroatoms. The molecule has 0 aliphatic carbocycles. The maximum Gasteiger partial charge on any atom is 0.00518 e. The lowest BCUT2D eigenvalue weighted by Crippen LogP contribution is -2.13. The van der Waals surface area contributed by atoms with Gasteiger partial charge in [0.15, 0.2) is 0 Å². The van der Waals surface area contributed by atoms with Gasteiger partial charge in [0, 0.05) is 6.16 Å². The van der Waals surface area contributed by atoms with Gasteiger partial charge in [0.1, 0.15) is 0 Å². The van der Waals surface area contributed by atoms with Crippen LogP contribution < -0.4 is 0 Å². The molecule has 0 fully saturated rings. The fourth-order valence-electron chi connectivity index (χ4n) is 1.29. The average Bonchev–Trinajstić information content (AvgIpc) is 2.06. The van der Waals surface area contributed by atoms with E-state index in [0.29, 0.717) is 0 Å². The number of hydrogen-bond donors (Lipinski definition) is 0. The summed E-state index contributed by atoms with van der Waals surface area (Å²) in [5.74, 6) is 2.31. The van der Waals surface area contributed by atoms with Crippen molar-refractivity contribution in [2.75, 3.05) is 6.16 Å². The molecule has 0 saturated carbocycles. The molecule has 68 valence electrons. The van der Waals surface area contributed by atoms with E-state index in [0.717, 1.165) is 6.16 Å². The molecule has 1 aliphatic heterocycles. The minimum Gasteiger partial charge on any atom is -0.0952 e. The highest BCUT2D eigenvalue weighted by molar-refractivity contribution is 8.17. The summed E-state index contributed by atoms with van der Waals surface area (Å²) >= 11 is 5.73. The summed E-state index contributed by atoms with van der Waals surface area (Å²) in [4.78, 5) is 0. The Balaban J connectivity index is 3.09. The second-order valence-electron chi connectivity index (χ2n) is 4.54. The Morgan fingerprint density at radius 1 is 1.50 bits per heavy atom. The highest BCUT2D eigenvalue weighted by Crippen LogP contribution is 2.64. The van der Waals surface area contributed by atoms with Crippen molar-refractivity contribution in [3.8, 4) is 0 Å². The lowest BCUT2D eigenvalue weighted by molar-refractivity contribution is 0.787. The van der Waals surface area contributed by atoms with Crippen LogP contribution in [0.15, 0.2) is 23.5 Å². The molecule has 1 aliphatic rings. The van der Waals surface area contributed by atoms with Crippen molar-refractivity contribution in [1.29, 1.82) is 0 Å². The predicted octanol–water partition coefficient (Wildman–Crippen LogP) is 3.74. The van der Waals surface area contributed by atoms with E-state index in [1.807, 2.05) is 0 Å². The zero-order valence-corrected chi connectivity index (χ0v) is 10.1. The van der Waals surface area contributed by atoms with Crippen LogP contribution >= 0.6 is 6.04 Å². The van der Waals surface area contributed by atoms with E-state index in [9.17, 15) is 0 Å². The molecule has 0 aromatic rings. The Bertz CT molecular complexity index is 291. The van der Waals surface area contributed by atoms with E-state index in [-0.39, 0.29) is 5.16 Å². The molecule has 0 bridgehead atoms. The minimum atomic E-state index is -1.29. The molecular weight excluding hydrogens is 183 g/mol. The van der Waals surface area contributed by atoms with E-state index < -0.39 is 6.04 Å². The normalized spacial score (nSPS) is 30.7. The van der Waals surface area contributed by atoms with Crippen LogP contribution in [0.25, 0.3) is 0 Å². The third-order valence-corrected chi connectivity index (χ3v) is 8.79. The van der Waals surface area contributed by atoms with Crippen LogP contribution in [0.2, 0.25) is 0 Å². The molecule has 0 spiro atoms. The van der Waals surface area contributed by atoms with Crippen molar-refractivity contribution >= 4 is 17.8 Å². The first-order chi connectivity index (χ1) is 5.26. The van der Waals surface area contributed by atoms with Crippen LogP contribution in [-0.2, 0) is 11.8 Å². The summed E-state index contributed by atoms with van der Waals surface area (Å²) in [6, 6.07) is -1.29. The smallest absolute Gasteiger partial charge is 0.00518 e. The van der Waals surface area contributed by atoms with Gasteiger partial charge in [0.05, 0.1) is 0 Å². The monoisotopic (exact) mass is 200 g/mol. The van der Waals surface area contributed by atoms with Crippen LogP contribution in [0.3, 0.4) is 0 Å². The minimum absolute atomic E-state index is 0.267. The van der Waals surface area contributed by atoms with Crippen molar-refractivity contribution in [3.05, 3.63) is 23.5 Å². The standard InChI is InChI=1S/C10H17PS/c1-8-6-11(12,7-9(8)2)10(3,4)5/h7H,1,6H2,2-5H3. The number of rotatable bonds is 0. The molecule has 1 atom stereocenters. The van der Waals surface area contributed by atoms with Crippen LogP contribution in [-0.4, -0.2) is 11.3 Å². The largest absolute Gasteiger partial charge is 0.0952 e. The molecule has 0 nitrogen and oxygen atoms in total. The topological polar surface area (TPSA) is 0 Å². The quantitative estimate of drug-likeness (QED) is 0.537. The first-order valence-electron chi connectivity index (χ1n) is 4.23. The lowest BCUT2D eigenvalue weighted by atomic mass is 10.2. The fraction of sp³-hybridized carbons (Fsp3) is 0.600. The third kappa shape index (κ3) is 1.58. The van der Waals surface area contributed by atoms with Gasteiger partial charge in [-0.1, -0.05) is 39.2 Å². The summed E-state index contributed by atoms with van der Waals surface area (Å²) in [5, 5.41) is 0.267. The Morgan fingerprint density at radius 3 is 2.17 bits per heavy atom. The average molecular weight is 200 g/mol. The summed E-state index contributed by atoms with van der Waals surface area (Å²) in [5.41, 5.74) is 2.58. The first kappa shape index (κ1) is 10.2. The Kier molecular flexibility index (Phi) is 2.40. The van der Waals surface area contributed by atoms with Gasteiger partial charge in [-0.2, -0.15) is 0 Å². The molecular formula is C10H17PS. The third-order valence-electron chi connectivity index (χ3n) is 2.52. The van der Waals surface area contributed by atoms with Gasteiger partial charge in [-0.25, -0.2) is 0 Å². The summed E-state index contributed by atoms with van der Waals surface area (Å²) in [6.07, 6.45) is 1.05. The van der Waals surface area contributed by atoms with Crippen molar-refractivity contribution in [2.45, 2.75) is 32.9 Å². The first-order valence-corrected chi connectivity index (χ1v) is 7.28. The van der Waals surface area contributed by atoms with Crippen LogP contribution in [0.1, 0.15) is 27.7 Å². The zero-order chi connectivity index (χ0) is 9.57. The Morgan fingerprint density at radius 2 is 2.00 bits per heavy atom. The molecule has 0 aromatic heterocycles. The molecule has 0 saturated heterocycles. The fourth-order valence-corrected chi connectivity index (χ4v) is 4.81. The second kappa shape index (κ2) is 2.82. The molecule has 0 N–H and O–H groups in total. The van der Waals surface area contributed by atoms with Gasteiger partial charge >= 0.3 is 0 Å². The zero-order valence-electron chi connectivity index (χ0n) is 8.35. The number of hydrogen-bond acceptors (Lipinski definition) is 1. The Hall–Kier alpha value is 0.130. The maximum atomic E-state index is 5.73. The van der Waals surface area contributed by atoms with E-state index in [4.69, 9.17) is 11.8 Å². The van der Waals surface area contributed by atoms with Crippen molar-refractivity contribution < 1.29 is 0 Å². The van der Waals surface area contributed by atoms with Crippen LogP contribution in [0.4, 0.5) is 0 Å². The van der Waals surface area contributed by atoms with E-state index in [2.05, 4.69) is 40.1 Å². The van der Waals surface area contributed by atoms with Gasteiger partial charge in [-0.05, 0) is 35.1 Å². The molecule has 0 radical (unpaired) electrons. The summed E-state index contributed by atoms with van der Waals surface area (Å²) in [6.45, 7) is 12.9. The van der Waals surface area contributed by atoms with E-state index >= 15 is 0 Å². The van der Waals surface area contributed by atoms with Gasteiger partial charge < -0.3 is 0 Å². The van der Waals surface area contributed by atoms with E-state index in [1.54, 1.807) is 0 Å². The lowest BCUT2D eigenvalue weighted by Gasteiger charge is -2.29. The molecule has 1 heterocycles. The Labute approximate surface area is 80.8 Å². The molecule has 0 aromatic carbocycles. The SMILES string of the molecule is C=C1CP(=S)(C(C)(C)C)C=C1C. The van der Waals surface area contributed by atoms with Crippen molar-refractivity contribution in [1.82, 2.24) is 0 Å². The number of allylic oxidation sites excluding steroid dienone is 2. The van der Waals surface area contributed by atoms with Crippen LogP contribution in [0, 0.1) is 0 Å². The van der Waals surface area contributed by atoms with Gasteiger partial charge in [0.25, 0.3) is 0 Å². The highest BCUT2D eigenvalue weighted by Gasteiger charge is 2.34. The van der Waals surface area contributed by atoms with Gasteiger partial charge in [-0.3, -0.25) is 0 Å². The summed E-state index contributed by atoms with van der Waals surface area (Å²) in [7, 11) is 0. The maximum absolute atomic E-state index is 5.73. The highest BCUT2D eigenvalue weighted by atomic mass is 32.4. The van der Waals surface area contributed by atoms with Crippen molar-refractivity contribution in [3.63, 3.8) is 0 Å². The summed E-state index contributed by atoms with van der Waals surface area (Å²) < 4.78 is 0. The van der Waals surface area contributed by atoms with E-state index in [1.165, 1.54) is 11.1 Å². The second-order valence-corrected chi connectivity index (χ2v) is 10.0. The van der Waals surface area contributed by atoms with Crippen molar-refractivity contribution in [2.24, 2.45) is 0 Å². The molecule has 1 unspecified atom stereocenters. The predicted molar refractivity (Wildman–Crippen MR) is 61.8 cm³/mol. The molecule has 1 rings (SSSR count).